The van der Waals surface area contributed by atoms with Crippen LogP contribution >= 0.6 is 43.5 Å². The molecule has 6 heteroatoms. The van der Waals surface area contributed by atoms with Crippen LogP contribution in [0.25, 0.3) is 16.7 Å². The SMILES string of the molecule is Nc1nc2ccc(Br)cc2n1-c1cc(Cl)ccc1Br. The first-order chi connectivity index (χ1) is 9.06. The zero-order valence-electron chi connectivity index (χ0n) is 9.57. The van der Waals surface area contributed by atoms with Crippen LogP contribution in [0.3, 0.4) is 0 Å². The Kier molecular flexibility index (Phi) is 3.28. The Labute approximate surface area is 131 Å². The van der Waals surface area contributed by atoms with Gasteiger partial charge in [-0.15, -0.1) is 0 Å². The molecule has 3 nitrogen and oxygen atoms in total. The molecule has 0 aliphatic rings. The van der Waals surface area contributed by atoms with E-state index < -0.39 is 0 Å². The number of aromatic nitrogens is 2. The lowest BCUT2D eigenvalue weighted by Crippen LogP contribution is -2.01. The normalized spacial score (nSPS) is 11.1. The van der Waals surface area contributed by atoms with Gasteiger partial charge in [-0.2, -0.15) is 0 Å². The van der Waals surface area contributed by atoms with Crippen molar-refractivity contribution in [3.63, 3.8) is 0 Å². The van der Waals surface area contributed by atoms with Crippen LogP contribution in [0.5, 0.6) is 0 Å². The maximum absolute atomic E-state index is 6.06. The van der Waals surface area contributed by atoms with E-state index in [1.807, 2.05) is 41.0 Å². The molecule has 0 unspecified atom stereocenters. The maximum atomic E-state index is 6.06. The number of imidazole rings is 1. The van der Waals surface area contributed by atoms with E-state index in [0.717, 1.165) is 25.7 Å². The predicted octanol–water partition coefficient (Wildman–Crippen LogP) is 4.79. The summed E-state index contributed by atoms with van der Waals surface area (Å²) in [4.78, 5) is 4.36. The molecular formula is C13H8Br2ClN3. The monoisotopic (exact) mass is 399 g/mol. The van der Waals surface area contributed by atoms with Gasteiger partial charge in [0, 0.05) is 14.0 Å². The number of nitrogens with zero attached hydrogens (tertiary/aromatic N) is 2. The number of hydrogen-bond acceptors (Lipinski definition) is 2. The van der Waals surface area contributed by atoms with Crippen LogP contribution in [0, 0.1) is 0 Å². The number of nitrogen functional groups attached to an aromatic ring is 1. The summed E-state index contributed by atoms with van der Waals surface area (Å²) in [5, 5.41) is 0.648. The standard InChI is InChI=1S/C13H8Br2ClN3/c14-7-1-4-10-12(5-7)19(13(17)18-10)11-6-8(16)2-3-9(11)15/h1-6H,(H2,17,18). The summed E-state index contributed by atoms with van der Waals surface area (Å²) in [6.45, 7) is 0. The first-order valence-electron chi connectivity index (χ1n) is 5.45. The first kappa shape index (κ1) is 13.0. The Morgan fingerprint density at radius 2 is 1.89 bits per heavy atom. The minimum Gasteiger partial charge on any atom is -0.369 e. The van der Waals surface area contributed by atoms with E-state index in [1.54, 1.807) is 0 Å². The Morgan fingerprint density at radius 3 is 2.68 bits per heavy atom. The largest absolute Gasteiger partial charge is 0.369 e. The number of hydrogen-bond donors (Lipinski definition) is 1. The summed E-state index contributed by atoms with van der Waals surface area (Å²) in [6.07, 6.45) is 0. The number of anilines is 1. The van der Waals surface area contributed by atoms with Gasteiger partial charge in [-0.25, -0.2) is 4.98 Å². The van der Waals surface area contributed by atoms with Crippen LogP contribution in [0.15, 0.2) is 45.3 Å². The summed E-state index contributed by atoms with van der Waals surface area (Å²) < 4.78 is 3.75. The number of nitrogens with two attached hydrogens (primary N) is 1. The molecule has 0 saturated heterocycles. The van der Waals surface area contributed by atoms with Crippen molar-refractivity contribution in [1.82, 2.24) is 9.55 Å². The van der Waals surface area contributed by atoms with Crippen molar-refractivity contribution >= 4 is 60.4 Å². The highest BCUT2D eigenvalue weighted by Crippen LogP contribution is 2.31. The minimum atomic E-state index is 0.427. The second-order valence-corrected chi connectivity index (χ2v) is 6.24. The van der Waals surface area contributed by atoms with Gasteiger partial charge in [0.1, 0.15) is 0 Å². The summed E-state index contributed by atoms with van der Waals surface area (Å²) in [6, 6.07) is 11.4. The molecule has 0 saturated carbocycles. The van der Waals surface area contributed by atoms with Gasteiger partial charge in [0.2, 0.25) is 5.95 Å². The highest BCUT2D eigenvalue weighted by atomic mass is 79.9. The van der Waals surface area contributed by atoms with Gasteiger partial charge in [-0.05, 0) is 52.3 Å². The third kappa shape index (κ3) is 2.26. The molecule has 0 bridgehead atoms. The average molecular weight is 401 g/mol. The maximum Gasteiger partial charge on any atom is 0.205 e. The zero-order valence-corrected chi connectivity index (χ0v) is 13.5. The number of halogens is 3. The predicted molar refractivity (Wildman–Crippen MR) is 85.9 cm³/mol. The van der Waals surface area contributed by atoms with Crippen LogP contribution in [0.1, 0.15) is 0 Å². The molecule has 0 aliphatic heterocycles. The third-order valence-corrected chi connectivity index (χ3v) is 4.19. The molecule has 1 heterocycles. The minimum absolute atomic E-state index is 0.427. The van der Waals surface area contributed by atoms with E-state index >= 15 is 0 Å². The lowest BCUT2D eigenvalue weighted by molar-refractivity contribution is 1.10. The van der Waals surface area contributed by atoms with E-state index in [-0.39, 0.29) is 0 Å². The fourth-order valence-electron chi connectivity index (χ4n) is 1.98. The van der Waals surface area contributed by atoms with Crippen LogP contribution in [0.4, 0.5) is 5.95 Å². The summed E-state index contributed by atoms with van der Waals surface area (Å²) in [5.41, 5.74) is 8.66. The molecule has 0 fully saturated rings. The summed E-state index contributed by atoms with van der Waals surface area (Å²) in [7, 11) is 0. The topological polar surface area (TPSA) is 43.8 Å². The van der Waals surface area contributed by atoms with E-state index in [1.165, 1.54) is 0 Å². The molecule has 0 atom stereocenters. The van der Waals surface area contributed by atoms with Crippen molar-refractivity contribution in [3.8, 4) is 5.69 Å². The van der Waals surface area contributed by atoms with E-state index in [2.05, 4.69) is 36.8 Å². The molecule has 0 amide bonds. The average Bonchev–Trinajstić information content (AvgIpc) is 2.68. The van der Waals surface area contributed by atoms with Crippen molar-refractivity contribution < 1.29 is 0 Å². The van der Waals surface area contributed by atoms with Crippen molar-refractivity contribution in [2.75, 3.05) is 5.73 Å². The fourth-order valence-corrected chi connectivity index (χ4v) is 2.92. The second kappa shape index (κ2) is 4.81. The third-order valence-electron chi connectivity index (χ3n) is 2.79. The van der Waals surface area contributed by atoms with Gasteiger partial charge in [0.05, 0.1) is 16.7 Å². The van der Waals surface area contributed by atoms with E-state index in [9.17, 15) is 0 Å². The molecule has 2 N–H and O–H groups in total. The van der Waals surface area contributed by atoms with E-state index in [0.29, 0.717) is 11.0 Å². The van der Waals surface area contributed by atoms with Crippen molar-refractivity contribution in [2.45, 2.75) is 0 Å². The van der Waals surface area contributed by atoms with Gasteiger partial charge < -0.3 is 5.73 Å². The second-order valence-electron chi connectivity index (χ2n) is 4.03. The van der Waals surface area contributed by atoms with E-state index in [4.69, 9.17) is 17.3 Å². The number of fused-ring (bicyclic) bond motifs is 1. The molecular weight excluding hydrogens is 393 g/mol. The molecule has 3 rings (SSSR count). The first-order valence-corrected chi connectivity index (χ1v) is 7.41. The van der Waals surface area contributed by atoms with Gasteiger partial charge in [0.15, 0.2) is 0 Å². The molecule has 96 valence electrons. The Balaban J connectivity index is 2.38. The van der Waals surface area contributed by atoms with Gasteiger partial charge in [-0.1, -0.05) is 27.5 Å². The van der Waals surface area contributed by atoms with Gasteiger partial charge >= 0.3 is 0 Å². The van der Waals surface area contributed by atoms with Gasteiger partial charge in [0.25, 0.3) is 0 Å². The van der Waals surface area contributed by atoms with Crippen molar-refractivity contribution in [1.29, 1.82) is 0 Å². The number of rotatable bonds is 1. The van der Waals surface area contributed by atoms with Crippen LogP contribution < -0.4 is 5.73 Å². The van der Waals surface area contributed by atoms with Crippen LogP contribution in [-0.2, 0) is 0 Å². The quantitative estimate of drug-likeness (QED) is 0.637. The molecule has 0 aliphatic carbocycles. The van der Waals surface area contributed by atoms with Crippen LogP contribution in [-0.4, -0.2) is 9.55 Å². The highest BCUT2D eigenvalue weighted by molar-refractivity contribution is 9.10. The zero-order chi connectivity index (χ0) is 13.6. The lowest BCUT2D eigenvalue weighted by Gasteiger charge is -2.09. The molecule has 3 aromatic rings. The fraction of sp³-hybridized carbons (Fsp3) is 0. The van der Waals surface area contributed by atoms with Gasteiger partial charge in [-0.3, -0.25) is 4.57 Å². The Hall–Kier alpha value is -1.04. The summed E-state index contributed by atoms with van der Waals surface area (Å²) >= 11 is 13.0. The Bertz CT molecular complexity index is 783. The molecule has 0 spiro atoms. The smallest absolute Gasteiger partial charge is 0.205 e. The summed E-state index contributed by atoms with van der Waals surface area (Å²) in [5.74, 6) is 0.427. The Morgan fingerprint density at radius 1 is 1.11 bits per heavy atom. The van der Waals surface area contributed by atoms with Crippen molar-refractivity contribution in [3.05, 3.63) is 50.4 Å². The van der Waals surface area contributed by atoms with Crippen molar-refractivity contribution in [2.24, 2.45) is 0 Å². The van der Waals surface area contributed by atoms with Crippen LogP contribution in [0.2, 0.25) is 5.02 Å². The molecule has 0 radical (unpaired) electrons. The molecule has 2 aromatic carbocycles. The lowest BCUT2D eigenvalue weighted by atomic mass is 10.3. The molecule has 1 aromatic heterocycles. The number of benzene rings is 2. The molecule has 19 heavy (non-hydrogen) atoms. The highest BCUT2D eigenvalue weighted by Gasteiger charge is 2.13.